The third-order valence-electron chi connectivity index (χ3n) is 6.37. The van der Waals surface area contributed by atoms with E-state index in [1.807, 2.05) is 12.2 Å². The van der Waals surface area contributed by atoms with Crippen LogP contribution < -0.4 is 5.32 Å². The molecule has 0 aliphatic rings. The molecule has 0 aliphatic carbocycles. The lowest BCUT2D eigenvalue weighted by atomic mass is 10.1. The average molecular weight is 678 g/mol. The molecule has 266 valence electrons. The van der Waals surface area contributed by atoms with Crippen molar-refractivity contribution in [1.29, 1.82) is 0 Å². The molecule has 0 rings (SSSR count). The minimum Gasteiger partial charge on any atom is -0.463 e. The first-order valence-corrected chi connectivity index (χ1v) is 18.6. The lowest BCUT2D eigenvalue weighted by Crippen LogP contribution is -2.27. The molecular formula is C37H60NO8P. The number of allylic oxidation sites excluding steroid dienone is 13. The first kappa shape index (κ1) is 44.2. The van der Waals surface area contributed by atoms with Gasteiger partial charge in [0.2, 0.25) is 5.91 Å². The van der Waals surface area contributed by atoms with Gasteiger partial charge in [-0.3, -0.25) is 18.6 Å². The maximum Gasteiger partial charge on any atom is 0.472 e. The molecule has 0 saturated carbocycles. The van der Waals surface area contributed by atoms with Crippen molar-refractivity contribution in [2.45, 2.75) is 110 Å². The number of phosphoric acid groups is 1. The van der Waals surface area contributed by atoms with Gasteiger partial charge in [-0.2, -0.15) is 0 Å². The third kappa shape index (κ3) is 34.3. The van der Waals surface area contributed by atoms with Gasteiger partial charge in [-0.1, -0.05) is 125 Å². The largest absolute Gasteiger partial charge is 0.472 e. The normalized spacial score (nSPS) is 14.6. The van der Waals surface area contributed by atoms with Gasteiger partial charge in [0.15, 0.2) is 0 Å². The molecule has 2 unspecified atom stereocenters. The highest BCUT2D eigenvalue weighted by Crippen LogP contribution is 2.42. The highest BCUT2D eigenvalue weighted by atomic mass is 31.2. The number of carbonyl (C=O) groups is 2. The number of hydrogen-bond acceptors (Lipinski definition) is 7. The Labute approximate surface area is 283 Å². The molecule has 0 radical (unpaired) electrons. The lowest BCUT2D eigenvalue weighted by molar-refractivity contribution is -0.146. The zero-order chi connectivity index (χ0) is 34.7. The molecule has 0 fully saturated rings. The fraction of sp³-hybridized carbons (Fsp3) is 0.568. The molecular weight excluding hydrogens is 617 g/mol. The Hall–Kier alpha value is -2.81. The molecule has 2 atom stereocenters. The van der Waals surface area contributed by atoms with E-state index in [-0.39, 0.29) is 32.1 Å². The van der Waals surface area contributed by atoms with Crippen LogP contribution in [0.1, 0.15) is 104 Å². The van der Waals surface area contributed by atoms with Gasteiger partial charge in [0.05, 0.1) is 19.6 Å². The molecule has 47 heavy (non-hydrogen) atoms. The summed E-state index contributed by atoms with van der Waals surface area (Å²) in [7, 11) is -4.42. The number of ether oxygens (including phenoxy) is 1. The van der Waals surface area contributed by atoms with Crippen LogP contribution in [0.2, 0.25) is 0 Å². The first-order chi connectivity index (χ1) is 22.8. The van der Waals surface area contributed by atoms with Crippen LogP contribution in [0.5, 0.6) is 0 Å². The van der Waals surface area contributed by atoms with E-state index in [9.17, 15) is 24.2 Å². The zero-order valence-electron chi connectivity index (χ0n) is 28.7. The van der Waals surface area contributed by atoms with Crippen molar-refractivity contribution < 1.29 is 37.9 Å². The standard InChI is InChI=1S/C37H60NO8P/c1-3-5-7-9-10-11-12-13-14-15-16-17-18-19-20-21-22-23-24-26-28-30-37(41)44-33-35(39)34-46-47(42,43)45-32-31-38-36(40)29-27-25-8-6-4-2/h5,7,10-11,13-14,16-17,19-20,22-23,26,28,35,39H,3-4,6,8-9,12,15,18,21,24-25,27,29-34H2,1-2H3,(H,38,40)(H,42,43)/b7-5-,11-10-,14-13-,17-16-,20-19-,23-22-,28-26-. The van der Waals surface area contributed by atoms with Crippen LogP contribution in [-0.2, 0) is 27.9 Å². The van der Waals surface area contributed by atoms with Gasteiger partial charge in [0.25, 0.3) is 0 Å². The molecule has 9 nitrogen and oxygen atoms in total. The van der Waals surface area contributed by atoms with E-state index < -0.39 is 26.5 Å². The lowest BCUT2D eigenvalue weighted by Gasteiger charge is -2.15. The van der Waals surface area contributed by atoms with Crippen LogP contribution >= 0.6 is 7.82 Å². The Morgan fingerprint density at radius 1 is 0.681 bits per heavy atom. The summed E-state index contributed by atoms with van der Waals surface area (Å²) >= 11 is 0. The summed E-state index contributed by atoms with van der Waals surface area (Å²) < 4.78 is 26.4. The quantitative estimate of drug-likeness (QED) is 0.0298. The number of rotatable bonds is 30. The Balaban J connectivity index is 3.83. The topological polar surface area (TPSA) is 131 Å². The summed E-state index contributed by atoms with van der Waals surface area (Å²) in [6.07, 6.45) is 40.1. The van der Waals surface area contributed by atoms with Crippen LogP contribution in [-0.4, -0.2) is 54.3 Å². The fourth-order valence-electron chi connectivity index (χ4n) is 3.81. The number of esters is 1. The summed E-state index contributed by atoms with van der Waals surface area (Å²) in [4.78, 5) is 33.3. The number of hydrogen-bond donors (Lipinski definition) is 3. The number of aliphatic hydroxyl groups excluding tert-OH is 1. The highest BCUT2D eigenvalue weighted by Gasteiger charge is 2.23. The van der Waals surface area contributed by atoms with E-state index in [4.69, 9.17) is 13.8 Å². The van der Waals surface area contributed by atoms with Crippen LogP contribution in [0, 0.1) is 0 Å². The van der Waals surface area contributed by atoms with Gasteiger partial charge in [-0.25, -0.2) is 4.57 Å². The minimum atomic E-state index is -4.42. The van der Waals surface area contributed by atoms with Gasteiger partial charge in [-0.05, 0) is 51.4 Å². The van der Waals surface area contributed by atoms with E-state index >= 15 is 0 Å². The number of phosphoric ester groups is 1. The molecule has 0 aliphatic heterocycles. The van der Waals surface area contributed by atoms with E-state index in [0.29, 0.717) is 12.8 Å². The van der Waals surface area contributed by atoms with Gasteiger partial charge in [-0.15, -0.1) is 0 Å². The number of aliphatic hydroxyl groups is 1. The monoisotopic (exact) mass is 677 g/mol. The zero-order valence-corrected chi connectivity index (χ0v) is 29.6. The van der Waals surface area contributed by atoms with Crippen molar-refractivity contribution in [3.05, 3.63) is 85.1 Å². The smallest absolute Gasteiger partial charge is 0.463 e. The Morgan fingerprint density at radius 3 is 1.68 bits per heavy atom. The second-order valence-electron chi connectivity index (χ2n) is 10.8. The van der Waals surface area contributed by atoms with Crippen molar-refractivity contribution in [3.63, 3.8) is 0 Å². The third-order valence-corrected chi connectivity index (χ3v) is 7.36. The van der Waals surface area contributed by atoms with E-state index in [1.54, 1.807) is 6.08 Å². The van der Waals surface area contributed by atoms with Crippen molar-refractivity contribution in [2.24, 2.45) is 0 Å². The van der Waals surface area contributed by atoms with Gasteiger partial charge < -0.3 is 20.1 Å². The molecule has 0 spiro atoms. The predicted molar refractivity (Wildman–Crippen MR) is 192 cm³/mol. The Morgan fingerprint density at radius 2 is 1.17 bits per heavy atom. The molecule has 0 aromatic rings. The highest BCUT2D eigenvalue weighted by molar-refractivity contribution is 7.47. The Bertz CT molecular complexity index is 1040. The molecule has 0 saturated heterocycles. The summed E-state index contributed by atoms with van der Waals surface area (Å²) in [6, 6.07) is 0. The molecule has 0 bridgehead atoms. The summed E-state index contributed by atoms with van der Waals surface area (Å²) in [5.74, 6) is -0.674. The van der Waals surface area contributed by atoms with E-state index in [0.717, 1.165) is 70.6 Å². The maximum atomic E-state index is 11.9. The van der Waals surface area contributed by atoms with Crippen LogP contribution in [0.3, 0.4) is 0 Å². The molecule has 1 amide bonds. The molecule has 3 N–H and O–H groups in total. The van der Waals surface area contributed by atoms with E-state index in [1.165, 1.54) is 0 Å². The van der Waals surface area contributed by atoms with Gasteiger partial charge >= 0.3 is 13.8 Å². The number of unbranched alkanes of at least 4 members (excludes halogenated alkanes) is 4. The summed E-state index contributed by atoms with van der Waals surface area (Å²) in [5.41, 5.74) is 0. The first-order valence-electron chi connectivity index (χ1n) is 17.1. The Kier molecular flexibility index (Phi) is 31.1. The summed E-state index contributed by atoms with van der Waals surface area (Å²) in [5, 5.41) is 12.5. The van der Waals surface area contributed by atoms with Crippen LogP contribution in [0.15, 0.2) is 85.1 Å². The molecule has 0 aromatic carbocycles. The second kappa shape index (κ2) is 33.1. The fourth-order valence-corrected chi connectivity index (χ4v) is 4.57. The van der Waals surface area contributed by atoms with Crippen LogP contribution in [0.25, 0.3) is 0 Å². The second-order valence-corrected chi connectivity index (χ2v) is 12.2. The molecule has 0 aromatic heterocycles. The van der Waals surface area contributed by atoms with Crippen molar-refractivity contribution in [1.82, 2.24) is 5.32 Å². The number of carbonyl (C=O) groups excluding carboxylic acids is 2. The summed E-state index contributed by atoms with van der Waals surface area (Å²) in [6.45, 7) is 3.18. The SMILES string of the molecule is CC/C=C\C/C=C\C/C=C\C/C=C\C/C=C\C/C=C\C/C=C\CC(=O)OCC(O)COP(=O)(O)OCCNC(=O)CCCCCCC. The van der Waals surface area contributed by atoms with E-state index in [2.05, 4.69) is 86.0 Å². The van der Waals surface area contributed by atoms with Gasteiger partial charge in [0, 0.05) is 13.0 Å². The van der Waals surface area contributed by atoms with Crippen LogP contribution in [0.4, 0.5) is 0 Å². The number of amides is 1. The van der Waals surface area contributed by atoms with Crippen molar-refractivity contribution in [3.8, 4) is 0 Å². The van der Waals surface area contributed by atoms with Crippen molar-refractivity contribution in [2.75, 3.05) is 26.4 Å². The average Bonchev–Trinajstić information content (AvgIpc) is 3.05. The van der Waals surface area contributed by atoms with Crippen molar-refractivity contribution >= 4 is 19.7 Å². The maximum absolute atomic E-state index is 11.9. The molecule has 0 heterocycles. The van der Waals surface area contributed by atoms with Gasteiger partial charge in [0.1, 0.15) is 12.7 Å². The number of nitrogens with one attached hydrogen (secondary N) is 1. The minimum absolute atomic E-state index is 0.0439. The predicted octanol–water partition coefficient (Wildman–Crippen LogP) is 8.53. The molecule has 10 heteroatoms.